The van der Waals surface area contributed by atoms with Crippen molar-refractivity contribution in [1.82, 2.24) is 0 Å². The molecule has 0 saturated carbocycles. The summed E-state index contributed by atoms with van der Waals surface area (Å²) < 4.78 is 4.54. The zero-order chi connectivity index (χ0) is 7.72. The van der Waals surface area contributed by atoms with Gasteiger partial charge in [-0.25, -0.2) is 0 Å². The highest BCUT2D eigenvalue weighted by Crippen LogP contribution is 2.18. The number of hydrogen-bond donors (Lipinski definition) is 4. The summed E-state index contributed by atoms with van der Waals surface area (Å²) in [5, 5.41) is 35.0. The van der Waals surface area contributed by atoms with Crippen LogP contribution in [0.15, 0.2) is 0 Å². The van der Waals surface area contributed by atoms with Gasteiger partial charge in [-0.15, -0.1) is 0 Å². The van der Waals surface area contributed by atoms with E-state index in [2.05, 4.69) is 4.74 Å². The lowest BCUT2D eigenvalue weighted by Crippen LogP contribution is -2.33. The molecule has 0 aromatic heterocycles. The predicted octanol–water partition coefficient (Wildman–Crippen LogP) is -2.58. The first-order chi connectivity index (χ1) is 4.66. The molecule has 0 amide bonds. The van der Waals surface area contributed by atoms with Gasteiger partial charge in [0.2, 0.25) is 0 Å². The molecular formula is C5H10O5. The van der Waals surface area contributed by atoms with Crippen molar-refractivity contribution < 1.29 is 25.2 Å². The molecule has 60 valence electrons. The Morgan fingerprint density at radius 2 is 1.70 bits per heavy atom. The van der Waals surface area contributed by atoms with Crippen molar-refractivity contribution in [2.45, 2.75) is 24.6 Å². The Bertz CT molecular complexity index is 117. The standard InChI is InChI=1S/C5H10O5/c6-1-2-3(7)4(8)5(9)10-2/h2-9H,1H2/t2-,3+,4-,5?/m0/s1. The van der Waals surface area contributed by atoms with Crippen LogP contribution in [0.4, 0.5) is 0 Å². The maximum atomic E-state index is 8.93. The third-order valence-electron chi connectivity index (χ3n) is 1.52. The van der Waals surface area contributed by atoms with Crippen LogP contribution in [-0.4, -0.2) is 51.6 Å². The first-order valence-corrected chi connectivity index (χ1v) is 2.97. The second-order valence-electron chi connectivity index (χ2n) is 2.23. The number of aliphatic hydroxyl groups excluding tert-OH is 4. The first kappa shape index (κ1) is 7.90. The summed E-state index contributed by atoms with van der Waals surface area (Å²) in [4.78, 5) is 0. The zero-order valence-electron chi connectivity index (χ0n) is 5.21. The van der Waals surface area contributed by atoms with Crippen molar-refractivity contribution in [3.63, 3.8) is 0 Å². The smallest absolute Gasteiger partial charge is 0.184 e. The fourth-order valence-corrected chi connectivity index (χ4v) is 0.880. The molecule has 0 aromatic carbocycles. The molecule has 1 rings (SSSR count). The molecule has 1 heterocycles. The van der Waals surface area contributed by atoms with Crippen LogP contribution in [0.3, 0.4) is 0 Å². The summed E-state index contributed by atoms with van der Waals surface area (Å²) >= 11 is 0. The highest BCUT2D eigenvalue weighted by Gasteiger charge is 2.41. The van der Waals surface area contributed by atoms with E-state index in [0.29, 0.717) is 0 Å². The molecule has 0 radical (unpaired) electrons. The minimum atomic E-state index is -1.38. The molecule has 1 fully saturated rings. The molecule has 4 atom stereocenters. The van der Waals surface area contributed by atoms with E-state index in [1.54, 1.807) is 0 Å². The molecule has 4 N–H and O–H groups in total. The SMILES string of the molecule is OC[C@@H]1OC(O)[C@@H](O)[C@@H]1O. The molecule has 1 aliphatic rings. The Hall–Kier alpha value is -0.200. The van der Waals surface area contributed by atoms with E-state index in [9.17, 15) is 0 Å². The van der Waals surface area contributed by atoms with Crippen LogP contribution < -0.4 is 0 Å². The molecule has 1 saturated heterocycles. The monoisotopic (exact) mass is 150 g/mol. The molecule has 1 aliphatic heterocycles. The van der Waals surface area contributed by atoms with Crippen LogP contribution in [0.1, 0.15) is 0 Å². The molecule has 0 aromatic rings. The maximum Gasteiger partial charge on any atom is 0.184 e. The highest BCUT2D eigenvalue weighted by molar-refractivity contribution is 4.84. The number of rotatable bonds is 1. The van der Waals surface area contributed by atoms with Crippen molar-refractivity contribution in [3.05, 3.63) is 0 Å². The van der Waals surface area contributed by atoms with Gasteiger partial charge in [-0.1, -0.05) is 0 Å². The van der Waals surface area contributed by atoms with Gasteiger partial charge >= 0.3 is 0 Å². The van der Waals surface area contributed by atoms with Gasteiger partial charge in [0, 0.05) is 0 Å². The van der Waals surface area contributed by atoms with Gasteiger partial charge < -0.3 is 25.2 Å². The topological polar surface area (TPSA) is 90.2 Å². The number of ether oxygens (including phenoxy) is 1. The van der Waals surface area contributed by atoms with Gasteiger partial charge in [-0.05, 0) is 0 Å². The summed E-state index contributed by atoms with van der Waals surface area (Å²) in [5.41, 5.74) is 0. The third-order valence-corrected chi connectivity index (χ3v) is 1.52. The van der Waals surface area contributed by atoms with Crippen molar-refractivity contribution >= 4 is 0 Å². The van der Waals surface area contributed by atoms with E-state index in [1.807, 2.05) is 0 Å². The minimum Gasteiger partial charge on any atom is -0.394 e. The Balaban J connectivity index is 2.53. The second-order valence-corrected chi connectivity index (χ2v) is 2.23. The predicted molar refractivity (Wildman–Crippen MR) is 30.0 cm³/mol. The van der Waals surface area contributed by atoms with E-state index in [1.165, 1.54) is 0 Å². The van der Waals surface area contributed by atoms with Crippen LogP contribution >= 0.6 is 0 Å². The lowest BCUT2D eigenvalue weighted by molar-refractivity contribution is -0.132. The Labute approximate surface area is 57.5 Å². The van der Waals surface area contributed by atoms with Crippen LogP contribution in [0.2, 0.25) is 0 Å². The minimum absolute atomic E-state index is 0.407. The average Bonchev–Trinajstić information content (AvgIpc) is 2.17. The van der Waals surface area contributed by atoms with E-state index in [-0.39, 0.29) is 0 Å². The van der Waals surface area contributed by atoms with Gasteiger partial charge in [-0.3, -0.25) is 0 Å². The van der Waals surface area contributed by atoms with Crippen LogP contribution in [-0.2, 0) is 4.74 Å². The molecule has 10 heavy (non-hydrogen) atoms. The fourth-order valence-electron chi connectivity index (χ4n) is 0.880. The zero-order valence-corrected chi connectivity index (χ0v) is 5.21. The molecule has 0 aliphatic carbocycles. The molecule has 5 heteroatoms. The third kappa shape index (κ3) is 1.14. The van der Waals surface area contributed by atoms with Crippen LogP contribution in [0.25, 0.3) is 0 Å². The Kier molecular flexibility index (Phi) is 2.22. The average molecular weight is 150 g/mol. The van der Waals surface area contributed by atoms with Crippen LogP contribution in [0.5, 0.6) is 0 Å². The number of hydrogen-bond acceptors (Lipinski definition) is 5. The van der Waals surface area contributed by atoms with Gasteiger partial charge in [0.05, 0.1) is 6.61 Å². The van der Waals surface area contributed by atoms with E-state index < -0.39 is 31.2 Å². The first-order valence-electron chi connectivity index (χ1n) is 2.97. The van der Waals surface area contributed by atoms with Gasteiger partial charge in [-0.2, -0.15) is 0 Å². The van der Waals surface area contributed by atoms with Crippen molar-refractivity contribution in [3.8, 4) is 0 Å². The number of aliphatic hydroxyl groups is 4. The molecule has 5 nitrogen and oxygen atoms in total. The van der Waals surface area contributed by atoms with Gasteiger partial charge in [0.15, 0.2) is 6.29 Å². The molecule has 0 bridgehead atoms. The Morgan fingerprint density at radius 3 is 1.90 bits per heavy atom. The molecule has 1 unspecified atom stereocenters. The quantitative estimate of drug-likeness (QED) is 0.329. The van der Waals surface area contributed by atoms with E-state index in [0.717, 1.165) is 0 Å². The fraction of sp³-hybridized carbons (Fsp3) is 1.00. The molecular weight excluding hydrogens is 140 g/mol. The Morgan fingerprint density at radius 1 is 1.10 bits per heavy atom. The van der Waals surface area contributed by atoms with Crippen molar-refractivity contribution in [1.29, 1.82) is 0 Å². The van der Waals surface area contributed by atoms with Gasteiger partial charge in [0.25, 0.3) is 0 Å². The largest absolute Gasteiger partial charge is 0.394 e. The summed E-state index contributed by atoms with van der Waals surface area (Å²) in [6, 6.07) is 0. The maximum absolute atomic E-state index is 8.93. The summed E-state index contributed by atoms with van der Waals surface area (Å²) in [6.45, 7) is -0.407. The lowest BCUT2D eigenvalue weighted by atomic mass is 10.1. The normalized spacial score (nSPS) is 48.0. The molecule has 0 spiro atoms. The van der Waals surface area contributed by atoms with E-state index in [4.69, 9.17) is 20.4 Å². The summed E-state index contributed by atoms with van der Waals surface area (Å²) in [6.07, 6.45) is -4.76. The summed E-state index contributed by atoms with van der Waals surface area (Å²) in [7, 11) is 0. The van der Waals surface area contributed by atoms with Crippen LogP contribution in [0, 0.1) is 0 Å². The lowest BCUT2D eigenvalue weighted by Gasteiger charge is -2.09. The second kappa shape index (κ2) is 2.81. The van der Waals surface area contributed by atoms with Crippen molar-refractivity contribution in [2.75, 3.05) is 6.61 Å². The van der Waals surface area contributed by atoms with E-state index >= 15 is 0 Å². The summed E-state index contributed by atoms with van der Waals surface area (Å²) in [5.74, 6) is 0. The van der Waals surface area contributed by atoms with Gasteiger partial charge in [0.1, 0.15) is 18.3 Å². The highest BCUT2D eigenvalue weighted by atomic mass is 16.6. The van der Waals surface area contributed by atoms with Crippen molar-refractivity contribution in [2.24, 2.45) is 0 Å².